The predicted octanol–water partition coefficient (Wildman–Crippen LogP) is 2.18. The monoisotopic (exact) mass is 335 g/mol. The van der Waals surface area contributed by atoms with E-state index in [1.807, 2.05) is 18.2 Å². The van der Waals surface area contributed by atoms with Crippen molar-refractivity contribution in [1.82, 2.24) is 5.32 Å². The van der Waals surface area contributed by atoms with E-state index in [1.54, 1.807) is 12.1 Å². The molecule has 3 nitrogen and oxygen atoms in total. The van der Waals surface area contributed by atoms with Gasteiger partial charge >= 0.3 is 0 Å². The number of quaternary nitrogens is 1. The van der Waals surface area contributed by atoms with Crippen molar-refractivity contribution in [2.75, 3.05) is 13.1 Å². The Morgan fingerprint density at radius 2 is 1.70 bits per heavy atom. The van der Waals surface area contributed by atoms with Gasteiger partial charge in [0.25, 0.3) is 9.70 Å². The fourth-order valence-electron chi connectivity index (χ4n) is 2.51. The zero-order valence-electron chi connectivity index (χ0n) is 11.0. The summed E-state index contributed by atoms with van der Waals surface area (Å²) >= 11 is 18.2. The number of carbonyl (C=O) groups is 1. The molecule has 2 rings (SSSR count). The maximum atomic E-state index is 12.2. The molecule has 0 unspecified atom stereocenters. The molecular formula is C14H18Cl3N2O+. The number of piperidine rings is 1. The molecule has 1 aliphatic rings. The van der Waals surface area contributed by atoms with E-state index in [2.05, 4.69) is 5.32 Å². The third-order valence-corrected chi connectivity index (χ3v) is 4.20. The topological polar surface area (TPSA) is 33.5 Å². The summed E-state index contributed by atoms with van der Waals surface area (Å²) in [5.74, 6) is -0.208. The van der Waals surface area contributed by atoms with Crippen LogP contribution in [0.25, 0.3) is 0 Å². The number of hydrogen-bond donors (Lipinski definition) is 2. The second-order valence-corrected chi connectivity index (χ2v) is 7.40. The molecule has 2 N–H and O–H groups in total. The molecule has 6 heteroatoms. The van der Waals surface area contributed by atoms with Gasteiger partial charge in [0, 0.05) is 5.56 Å². The molecule has 1 saturated heterocycles. The standard InChI is InChI=1S/C14H17Cl3N2O/c15-14(16,17)13(19-9-5-2-6-10-19)18-12(20)11-7-3-1-4-8-11/h1,3-4,7-8,13H,2,5-6,9-10H2,(H,18,20)/p+1/t13-/m1/s1. The van der Waals surface area contributed by atoms with E-state index < -0.39 is 9.96 Å². The zero-order valence-corrected chi connectivity index (χ0v) is 13.3. The average molecular weight is 337 g/mol. The van der Waals surface area contributed by atoms with Crippen molar-refractivity contribution >= 4 is 40.7 Å². The maximum absolute atomic E-state index is 12.2. The lowest BCUT2D eigenvalue weighted by Crippen LogP contribution is -3.20. The molecular weight excluding hydrogens is 319 g/mol. The van der Waals surface area contributed by atoms with E-state index in [0.717, 1.165) is 30.8 Å². The number of likely N-dealkylation sites (tertiary alicyclic amines) is 1. The second kappa shape index (κ2) is 6.99. The van der Waals surface area contributed by atoms with Crippen LogP contribution in [0.4, 0.5) is 0 Å². The van der Waals surface area contributed by atoms with Gasteiger partial charge in [-0.3, -0.25) is 10.1 Å². The number of amides is 1. The Bertz CT molecular complexity index is 441. The first-order valence-electron chi connectivity index (χ1n) is 6.75. The van der Waals surface area contributed by atoms with Crippen LogP contribution in [0.15, 0.2) is 30.3 Å². The van der Waals surface area contributed by atoms with Gasteiger partial charge in [0.2, 0.25) is 6.17 Å². The van der Waals surface area contributed by atoms with Crippen LogP contribution in [0.5, 0.6) is 0 Å². The van der Waals surface area contributed by atoms with Crippen LogP contribution in [-0.4, -0.2) is 29.0 Å². The van der Waals surface area contributed by atoms with Gasteiger partial charge in [-0.05, 0) is 31.4 Å². The van der Waals surface area contributed by atoms with Crippen molar-refractivity contribution in [2.45, 2.75) is 29.2 Å². The molecule has 0 spiro atoms. The highest BCUT2D eigenvalue weighted by atomic mass is 35.6. The summed E-state index contributed by atoms with van der Waals surface area (Å²) in [4.78, 5) is 13.4. The molecule has 20 heavy (non-hydrogen) atoms. The van der Waals surface area contributed by atoms with Gasteiger partial charge in [-0.25, -0.2) is 0 Å². The van der Waals surface area contributed by atoms with Gasteiger partial charge in [0.05, 0.1) is 13.1 Å². The quantitative estimate of drug-likeness (QED) is 0.815. The number of halogens is 3. The highest BCUT2D eigenvalue weighted by molar-refractivity contribution is 6.68. The lowest BCUT2D eigenvalue weighted by Gasteiger charge is -2.35. The van der Waals surface area contributed by atoms with Crippen LogP contribution in [0, 0.1) is 0 Å². The molecule has 110 valence electrons. The second-order valence-electron chi connectivity index (χ2n) is 5.03. The molecule has 0 saturated carbocycles. The summed E-state index contributed by atoms with van der Waals surface area (Å²) in [5, 5.41) is 2.87. The lowest BCUT2D eigenvalue weighted by molar-refractivity contribution is -0.931. The van der Waals surface area contributed by atoms with E-state index in [-0.39, 0.29) is 5.91 Å². The van der Waals surface area contributed by atoms with Crippen molar-refractivity contribution in [2.24, 2.45) is 0 Å². The first-order valence-corrected chi connectivity index (χ1v) is 7.89. The fourth-order valence-corrected chi connectivity index (χ4v) is 3.14. The minimum Gasteiger partial charge on any atom is -0.312 e. The van der Waals surface area contributed by atoms with Gasteiger partial charge in [0.15, 0.2) is 0 Å². The minimum atomic E-state index is -1.52. The molecule has 1 amide bonds. The van der Waals surface area contributed by atoms with E-state index in [0.29, 0.717) is 5.56 Å². The van der Waals surface area contributed by atoms with Gasteiger partial charge < -0.3 is 4.90 Å². The van der Waals surface area contributed by atoms with Crippen molar-refractivity contribution in [3.63, 3.8) is 0 Å². The van der Waals surface area contributed by atoms with Crippen molar-refractivity contribution in [1.29, 1.82) is 0 Å². The smallest absolute Gasteiger partial charge is 0.262 e. The molecule has 1 heterocycles. The Balaban J connectivity index is 2.10. The first-order chi connectivity index (χ1) is 9.48. The molecule has 1 atom stereocenters. The van der Waals surface area contributed by atoms with Crippen LogP contribution in [0.3, 0.4) is 0 Å². The van der Waals surface area contributed by atoms with Crippen molar-refractivity contribution in [3.05, 3.63) is 35.9 Å². The zero-order chi connectivity index (χ0) is 14.6. The Hall–Kier alpha value is -0.480. The van der Waals surface area contributed by atoms with Crippen molar-refractivity contribution in [3.8, 4) is 0 Å². The Morgan fingerprint density at radius 1 is 1.10 bits per heavy atom. The molecule has 0 radical (unpaired) electrons. The molecule has 0 bridgehead atoms. The van der Waals surface area contributed by atoms with E-state index >= 15 is 0 Å². The summed E-state index contributed by atoms with van der Waals surface area (Å²) in [5.41, 5.74) is 0.572. The van der Waals surface area contributed by atoms with E-state index in [1.165, 1.54) is 6.42 Å². The Kier molecular flexibility index (Phi) is 5.56. The van der Waals surface area contributed by atoms with Crippen LogP contribution >= 0.6 is 34.8 Å². The molecule has 1 aromatic carbocycles. The van der Waals surface area contributed by atoms with Gasteiger partial charge in [0.1, 0.15) is 0 Å². The maximum Gasteiger partial charge on any atom is 0.262 e. The normalized spacial score (nSPS) is 18.6. The average Bonchev–Trinajstić information content (AvgIpc) is 2.45. The number of carbonyl (C=O) groups excluding carboxylic acids is 1. The van der Waals surface area contributed by atoms with Crippen LogP contribution < -0.4 is 10.2 Å². The highest BCUT2D eigenvalue weighted by Gasteiger charge is 2.42. The number of alkyl halides is 3. The molecule has 1 fully saturated rings. The van der Waals surface area contributed by atoms with Crippen molar-refractivity contribution < 1.29 is 9.69 Å². The molecule has 0 aromatic heterocycles. The van der Waals surface area contributed by atoms with Crippen LogP contribution in [0.1, 0.15) is 29.6 Å². The summed E-state index contributed by atoms with van der Waals surface area (Å²) < 4.78 is -1.52. The van der Waals surface area contributed by atoms with E-state index in [9.17, 15) is 4.79 Å². The molecule has 0 aliphatic carbocycles. The number of hydrogen-bond acceptors (Lipinski definition) is 1. The van der Waals surface area contributed by atoms with Gasteiger partial charge in [-0.2, -0.15) is 0 Å². The van der Waals surface area contributed by atoms with E-state index in [4.69, 9.17) is 34.8 Å². The number of benzene rings is 1. The Morgan fingerprint density at radius 3 is 2.25 bits per heavy atom. The minimum absolute atomic E-state index is 0.208. The fraction of sp³-hybridized carbons (Fsp3) is 0.500. The summed E-state index contributed by atoms with van der Waals surface area (Å²) in [7, 11) is 0. The summed E-state index contributed by atoms with van der Waals surface area (Å²) in [6.45, 7) is 1.82. The summed E-state index contributed by atoms with van der Waals surface area (Å²) in [6.07, 6.45) is 2.85. The highest BCUT2D eigenvalue weighted by Crippen LogP contribution is 2.28. The SMILES string of the molecule is O=C(N[C@H]([NH+]1CCCCC1)C(Cl)(Cl)Cl)c1ccccc1. The molecule has 1 aromatic rings. The van der Waals surface area contributed by atoms with Gasteiger partial charge in [-0.15, -0.1) is 0 Å². The molecule has 1 aliphatic heterocycles. The number of nitrogens with one attached hydrogen (secondary N) is 2. The third-order valence-electron chi connectivity index (χ3n) is 3.54. The first kappa shape index (κ1) is 15.9. The van der Waals surface area contributed by atoms with Crippen LogP contribution in [-0.2, 0) is 0 Å². The summed E-state index contributed by atoms with van der Waals surface area (Å²) in [6, 6.07) is 8.98. The lowest BCUT2D eigenvalue weighted by atomic mass is 10.1. The predicted molar refractivity (Wildman–Crippen MR) is 82.5 cm³/mol. The Labute approximate surface area is 134 Å². The van der Waals surface area contributed by atoms with Gasteiger partial charge in [-0.1, -0.05) is 53.0 Å². The van der Waals surface area contributed by atoms with Crippen LogP contribution in [0.2, 0.25) is 0 Å². The largest absolute Gasteiger partial charge is 0.312 e. The number of rotatable bonds is 3. The third kappa shape index (κ3) is 4.26.